The molecule has 0 saturated heterocycles. The largest absolute Gasteiger partial charge is 0.481 e. The summed E-state index contributed by atoms with van der Waals surface area (Å²) in [4.78, 5) is 23.6. The molecule has 0 aromatic heterocycles. The molecule has 22 heavy (non-hydrogen) atoms. The van der Waals surface area contributed by atoms with Gasteiger partial charge in [-0.15, -0.1) is 0 Å². The van der Waals surface area contributed by atoms with E-state index >= 15 is 0 Å². The SMILES string of the molecule is CS(=O)(=O)c1ccc(NC(=O)[C@H]2CC=CC[C@@H]2C(=O)O)cc1. The van der Waals surface area contributed by atoms with Crippen molar-refractivity contribution in [2.75, 3.05) is 11.6 Å². The van der Waals surface area contributed by atoms with Gasteiger partial charge in [-0.2, -0.15) is 0 Å². The second kappa shape index (κ2) is 6.31. The average Bonchev–Trinajstić information content (AvgIpc) is 2.46. The van der Waals surface area contributed by atoms with Gasteiger partial charge in [0.15, 0.2) is 9.84 Å². The first-order valence-electron chi connectivity index (χ1n) is 6.78. The molecule has 2 rings (SSSR count). The molecule has 0 saturated carbocycles. The van der Waals surface area contributed by atoms with E-state index < -0.39 is 27.6 Å². The van der Waals surface area contributed by atoms with Gasteiger partial charge in [-0.05, 0) is 37.1 Å². The first-order chi connectivity index (χ1) is 10.3. The van der Waals surface area contributed by atoms with Crippen molar-refractivity contribution in [3.63, 3.8) is 0 Å². The summed E-state index contributed by atoms with van der Waals surface area (Å²) in [5.74, 6) is -2.72. The van der Waals surface area contributed by atoms with E-state index in [0.717, 1.165) is 6.26 Å². The molecule has 1 aliphatic carbocycles. The molecule has 7 heteroatoms. The lowest BCUT2D eigenvalue weighted by Gasteiger charge is -2.24. The van der Waals surface area contributed by atoms with Gasteiger partial charge >= 0.3 is 5.97 Å². The Morgan fingerprint density at radius 2 is 1.64 bits per heavy atom. The van der Waals surface area contributed by atoms with E-state index in [-0.39, 0.29) is 10.8 Å². The molecule has 0 bridgehead atoms. The molecule has 1 aromatic rings. The first-order valence-corrected chi connectivity index (χ1v) is 8.67. The highest BCUT2D eigenvalue weighted by molar-refractivity contribution is 7.90. The van der Waals surface area contributed by atoms with Gasteiger partial charge in [-0.3, -0.25) is 9.59 Å². The van der Waals surface area contributed by atoms with Crippen molar-refractivity contribution in [3.05, 3.63) is 36.4 Å². The summed E-state index contributed by atoms with van der Waals surface area (Å²) in [6, 6.07) is 5.78. The van der Waals surface area contributed by atoms with Crippen LogP contribution in [0.25, 0.3) is 0 Å². The first kappa shape index (κ1) is 16.2. The van der Waals surface area contributed by atoms with Crippen LogP contribution in [0.15, 0.2) is 41.3 Å². The van der Waals surface area contributed by atoms with Crippen LogP contribution in [0.4, 0.5) is 5.69 Å². The summed E-state index contributed by atoms with van der Waals surface area (Å²) in [6.07, 6.45) is 5.39. The Morgan fingerprint density at radius 3 is 2.14 bits per heavy atom. The molecule has 1 amide bonds. The van der Waals surface area contributed by atoms with E-state index in [9.17, 15) is 18.0 Å². The maximum absolute atomic E-state index is 12.2. The molecule has 1 aromatic carbocycles. The molecule has 0 spiro atoms. The molecule has 0 heterocycles. The van der Waals surface area contributed by atoms with Crippen LogP contribution in [-0.2, 0) is 19.4 Å². The Morgan fingerprint density at radius 1 is 1.09 bits per heavy atom. The van der Waals surface area contributed by atoms with Crippen molar-refractivity contribution in [2.24, 2.45) is 11.8 Å². The predicted octanol–water partition coefficient (Wildman–Crippen LogP) is 1.70. The zero-order chi connectivity index (χ0) is 16.3. The van der Waals surface area contributed by atoms with Gasteiger partial charge < -0.3 is 10.4 Å². The molecular weight excluding hydrogens is 306 g/mol. The highest BCUT2D eigenvalue weighted by Crippen LogP contribution is 2.27. The molecule has 0 fully saturated rings. The molecule has 2 atom stereocenters. The van der Waals surface area contributed by atoms with E-state index in [1.807, 2.05) is 0 Å². The number of aliphatic carboxylic acids is 1. The van der Waals surface area contributed by atoms with Crippen LogP contribution in [0.3, 0.4) is 0 Å². The second-order valence-corrected chi connectivity index (χ2v) is 7.30. The molecule has 0 aliphatic heterocycles. The zero-order valence-corrected chi connectivity index (χ0v) is 12.8. The quantitative estimate of drug-likeness (QED) is 0.821. The number of sulfone groups is 1. The third kappa shape index (κ3) is 3.73. The van der Waals surface area contributed by atoms with Crippen LogP contribution in [0, 0.1) is 11.8 Å². The minimum atomic E-state index is -3.29. The maximum Gasteiger partial charge on any atom is 0.307 e. The van der Waals surface area contributed by atoms with E-state index in [0.29, 0.717) is 18.5 Å². The monoisotopic (exact) mass is 323 g/mol. The number of allylic oxidation sites excluding steroid dienone is 2. The van der Waals surface area contributed by atoms with E-state index in [1.165, 1.54) is 24.3 Å². The number of benzene rings is 1. The normalized spacial score (nSPS) is 21.3. The summed E-state index contributed by atoms with van der Waals surface area (Å²) >= 11 is 0. The summed E-state index contributed by atoms with van der Waals surface area (Å²) in [6.45, 7) is 0. The van der Waals surface area contributed by atoms with Gasteiger partial charge in [0.2, 0.25) is 5.91 Å². The molecule has 118 valence electrons. The highest BCUT2D eigenvalue weighted by atomic mass is 32.2. The van der Waals surface area contributed by atoms with Crippen LogP contribution in [-0.4, -0.2) is 31.7 Å². The third-order valence-corrected chi connectivity index (χ3v) is 4.76. The van der Waals surface area contributed by atoms with Crippen molar-refractivity contribution in [2.45, 2.75) is 17.7 Å². The maximum atomic E-state index is 12.2. The summed E-state index contributed by atoms with van der Waals surface area (Å²) in [7, 11) is -3.29. The topological polar surface area (TPSA) is 101 Å². The van der Waals surface area contributed by atoms with Gasteiger partial charge in [0.1, 0.15) is 0 Å². The fourth-order valence-corrected chi connectivity index (χ4v) is 3.03. The van der Waals surface area contributed by atoms with Crippen molar-refractivity contribution in [1.82, 2.24) is 0 Å². The van der Waals surface area contributed by atoms with Crippen molar-refractivity contribution in [1.29, 1.82) is 0 Å². The Hall–Kier alpha value is -2.15. The van der Waals surface area contributed by atoms with E-state index in [4.69, 9.17) is 5.11 Å². The number of hydrogen-bond acceptors (Lipinski definition) is 4. The number of carbonyl (C=O) groups is 2. The number of anilines is 1. The lowest BCUT2D eigenvalue weighted by atomic mass is 9.82. The number of amides is 1. The van der Waals surface area contributed by atoms with Crippen LogP contribution >= 0.6 is 0 Å². The van der Waals surface area contributed by atoms with Crippen molar-refractivity contribution < 1.29 is 23.1 Å². The second-order valence-electron chi connectivity index (χ2n) is 5.28. The molecule has 0 radical (unpaired) electrons. The number of carboxylic acid groups (broad SMARTS) is 1. The highest BCUT2D eigenvalue weighted by Gasteiger charge is 2.33. The standard InChI is InChI=1S/C15H17NO5S/c1-22(20,21)11-8-6-10(7-9-11)16-14(17)12-4-2-3-5-13(12)15(18)19/h2-3,6-9,12-13H,4-5H2,1H3,(H,16,17)(H,18,19)/t12-,13-/m0/s1. The van der Waals surface area contributed by atoms with Gasteiger partial charge in [0, 0.05) is 11.9 Å². The lowest BCUT2D eigenvalue weighted by molar-refractivity contribution is -0.146. The van der Waals surface area contributed by atoms with Crippen LogP contribution in [0.2, 0.25) is 0 Å². The van der Waals surface area contributed by atoms with Gasteiger partial charge in [-0.25, -0.2) is 8.42 Å². The Kier molecular flexibility index (Phi) is 4.65. The van der Waals surface area contributed by atoms with Crippen LogP contribution in [0.5, 0.6) is 0 Å². The lowest BCUT2D eigenvalue weighted by Crippen LogP contribution is -2.34. The van der Waals surface area contributed by atoms with Crippen molar-refractivity contribution >= 4 is 27.4 Å². The molecule has 2 N–H and O–H groups in total. The smallest absolute Gasteiger partial charge is 0.307 e. The van der Waals surface area contributed by atoms with E-state index in [1.54, 1.807) is 12.2 Å². The van der Waals surface area contributed by atoms with Gasteiger partial charge in [0.25, 0.3) is 0 Å². The molecular formula is C15H17NO5S. The average molecular weight is 323 g/mol. The molecule has 0 unspecified atom stereocenters. The number of hydrogen-bond donors (Lipinski definition) is 2. The van der Waals surface area contributed by atoms with Crippen LogP contribution < -0.4 is 5.32 Å². The van der Waals surface area contributed by atoms with Gasteiger partial charge in [0.05, 0.1) is 16.7 Å². The number of carboxylic acids is 1. The summed E-state index contributed by atoms with van der Waals surface area (Å²) in [5, 5.41) is 11.8. The zero-order valence-electron chi connectivity index (χ0n) is 12.0. The number of nitrogens with one attached hydrogen (secondary N) is 1. The third-order valence-electron chi connectivity index (χ3n) is 3.64. The van der Waals surface area contributed by atoms with Crippen LogP contribution in [0.1, 0.15) is 12.8 Å². The Balaban J connectivity index is 2.11. The Bertz CT molecular complexity index is 706. The summed E-state index contributed by atoms with van der Waals surface area (Å²) in [5.41, 5.74) is 0.441. The predicted molar refractivity (Wildman–Crippen MR) is 81.2 cm³/mol. The summed E-state index contributed by atoms with van der Waals surface area (Å²) < 4.78 is 22.7. The fourth-order valence-electron chi connectivity index (χ4n) is 2.40. The fraction of sp³-hybridized carbons (Fsp3) is 0.333. The Labute approximate surface area is 128 Å². The van der Waals surface area contributed by atoms with E-state index in [2.05, 4.69) is 5.32 Å². The molecule has 1 aliphatic rings. The van der Waals surface area contributed by atoms with Crippen molar-refractivity contribution in [3.8, 4) is 0 Å². The molecule has 6 nitrogen and oxygen atoms in total. The number of rotatable bonds is 4. The van der Waals surface area contributed by atoms with Gasteiger partial charge in [-0.1, -0.05) is 12.2 Å². The minimum absolute atomic E-state index is 0.162. The number of carbonyl (C=O) groups excluding carboxylic acids is 1. The minimum Gasteiger partial charge on any atom is -0.481 e.